The Morgan fingerprint density at radius 2 is 1.12 bits per heavy atom. The van der Waals surface area contributed by atoms with E-state index in [2.05, 4.69) is 123 Å². The third-order valence-electron chi connectivity index (χ3n) is 4.87. The Kier molecular flexibility index (Phi) is 12.8. The van der Waals surface area contributed by atoms with Gasteiger partial charge in [-0.25, -0.2) is 18.3 Å². The van der Waals surface area contributed by atoms with Crippen molar-refractivity contribution in [2.75, 3.05) is 6.61 Å². The second-order valence-corrected chi connectivity index (χ2v) is 8.15. The standard InChI is InChI=1S/2C12H15N2.C2H5O3P/c2*1-2-13-8-9-14(11-13)10-12-6-4-3-5-7-12;1-2-5-6(3)4/h2*3-9,11H,2,10H2,1H3;2H2,1H3/q2*+1;-2. The molecule has 0 aliphatic heterocycles. The normalized spacial score (nSPS) is 10.3. The number of hydrogen-bond donors (Lipinski definition) is 0. The van der Waals surface area contributed by atoms with E-state index in [0.29, 0.717) is 0 Å². The summed E-state index contributed by atoms with van der Waals surface area (Å²) in [7, 11) is -2.60. The third kappa shape index (κ3) is 10.9. The van der Waals surface area contributed by atoms with Crippen molar-refractivity contribution in [3.8, 4) is 0 Å². The molecule has 0 atom stereocenters. The maximum atomic E-state index is 9.41. The van der Waals surface area contributed by atoms with Gasteiger partial charge in [-0.3, -0.25) is 0 Å². The van der Waals surface area contributed by atoms with E-state index in [1.165, 1.54) is 11.1 Å². The average molecular weight is 483 g/mol. The van der Waals surface area contributed by atoms with Gasteiger partial charge < -0.3 is 14.3 Å². The average Bonchev–Trinajstić information content (AvgIpc) is 3.50. The van der Waals surface area contributed by atoms with Crippen LogP contribution >= 0.6 is 8.60 Å². The number of rotatable bonds is 8. The number of hydrogen-bond acceptors (Lipinski definition) is 3. The van der Waals surface area contributed by atoms with Crippen molar-refractivity contribution < 1.29 is 23.4 Å². The Hall–Kier alpha value is -2.83. The molecule has 4 aromatic rings. The first kappa shape index (κ1) is 27.4. The Morgan fingerprint density at radius 3 is 1.38 bits per heavy atom. The zero-order valence-corrected chi connectivity index (χ0v) is 21.1. The lowest BCUT2D eigenvalue weighted by molar-refractivity contribution is -0.688. The Labute approximate surface area is 204 Å². The summed E-state index contributed by atoms with van der Waals surface area (Å²) in [6, 6.07) is 21.0. The molecule has 0 saturated heterocycles. The fourth-order valence-corrected chi connectivity index (χ4v) is 3.34. The van der Waals surface area contributed by atoms with Crippen molar-refractivity contribution in [2.45, 2.75) is 47.0 Å². The highest BCUT2D eigenvalue weighted by Crippen LogP contribution is 2.10. The number of benzene rings is 2. The summed E-state index contributed by atoms with van der Waals surface area (Å²) in [4.78, 5) is 18.8. The first-order valence-corrected chi connectivity index (χ1v) is 12.6. The highest BCUT2D eigenvalue weighted by Gasteiger charge is 2.02. The summed E-state index contributed by atoms with van der Waals surface area (Å²) in [5, 5.41) is 0. The van der Waals surface area contributed by atoms with Crippen LogP contribution in [0.25, 0.3) is 0 Å². The molecule has 2 aromatic heterocycles. The van der Waals surface area contributed by atoms with Crippen LogP contribution in [0, 0.1) is 0 Å². The van der Waals surface area contributed by atoms with Crippen molar-refractivity contribution in [3.63, 3.8) is 0 Å². The maximum Gasteiger partial charge on any atom is 0.244 e. The van der Waals surface area contributed by atoms with Gasteiger partial charge in [0.25, 0.3) is 0 Å². The summed E-state index contributed by atoms with van der Waals surface area (Å²) in [5.74, 6) is 0. The second kappa shape index (κ2) is 15.9. The summed E-state index contributed by atoms with van der Waals surface area (Å²) >= 11 is 0. The van der Waals surface area contributed by atoms with Crippen LogP contribution in [0.4, 0.5) is 0 Å². The summed E-state index contributed by atoms with van der Waals surface area (Å²) in [5.41, 5.74) is 2.68. The van der Waals surface area contributed by atoms with E-state index in [1.54, 1.807) is 6.92 Å². The van der Waals surface area contributed by atoms with Gasteiger partial charge in [0.15, 0.2) is 0 Å². The van der Waals surface area contributed by atoms with Gasteiger partial charge in [-0.05, 0) is 31.9 Å². The SMILES string of the molecule is CCOP([O-])[O-].CCn1cc[n+](Cc2ccccc2)c1.CCn1cc[n+](Cc2ccccc2)c1. The van der Waals surface area contributed by atoms with Gasteiger partial charge in [-0.2, -0.15) is 8.60 Å². The summed E-state index contributed by atoms with van der Waals surface area (Å²) < 4.78 is 12.7. The lowest BCUT2D eigenvalue weighted by Gasteiger charge is -2.27. The molecule has 7 nitrogen and oxygen atoms in total. The Bertz CT molecular complexity index is 957. The topological polar surface area (TPSA) is 73.0 Å². The van der Waals surface area contributed by atoms with Crippen LogP contribution in [0.3, 0.4) is 0 Å². The Balaban J connectivity index is 0.000000196. The predicted molar refractivity (Wildman–Crippen MR) is 130 cm³/mol. The van der Waals surface area contributed by atoms with Crippen LogP contribution in [0.5, 0.6) is 0 Å². The quantitative estimate of drug-likeness (QED) is 0.286. The van der Waals surface area contributed by atoms with Gasteiger partial charge in [0.05, 0.1) is 13.1 Å². The van der Waals surface area contributed by atoms with E-state index >= 15 is 0 Å². The Morgan fingerprint density at radius 1 is 0.706 bits per heavy atom. The molecule has 0 fully saturated rings. The number of aromatic nitrogens is 4. The minimum atomic E-state index is -2.60. The fraction of sp³-hybridized carbons (Fsp3) is 0.308. The van der Waals surface area contributed by atoms with Crippen molar-refractivity contribution in [3.05, 3.63) is 109 Å². The maximum absolute atomic E-state index is 9.41. The second-order valence-electron chi connectivity index (χ2n) is 7.45. The van der Waals surface area contributed by atoms with Gasteiger partial charge in [-0.1, -0.05) is 60.7 Å². The van der Waals surface area contributed by atoms with Crippen molar-refractivity contribution in [2.24, 2.45) is 0 Å². The molecule has 0 N–H and O–H groups in total. The number of imidazole rings is 2. The van der Waals surface area contributed by atoms with E-state index in [-0.39, 0.29) is 6.61 Å². The molecular formula is C26H35N4O3P. The molecule has 0 saturated carbocycles. The summed E-state index contributed by atoms with van der Waals surface area (Å²) in [6.45, 7) is 10.1. The monoisotopic (exact) mass is 482 g/mol. The van der Waals surface area contributed by atoms with Gasteiger partial charge in [0.1, 0.15) is 37.9 Å². The molecule has 0 unspecified atom stereocenters. The zero-order valence-electron chi connectivity index (χ0n) is 20.2. The summed E-state index contributed by atoms with van der Waals surface area (Å²) in [6.07, 6.45) is 12.7. The largest absolute Gasteiger partial charge is 0.820 e. The van der Waals surface area contributed by atoms with E-state index < -0.39 is 8.60 Å². The predicted octanol–water partition coefficient (Wildman–Crippen LogP) is 2.66. The highest BCUT2D eigenvalue weighted by molar-refractivity contribution is 7.36. The molecule has 0 radical (unpaired) electrons. The third-order valence-corrected chi connectivity index (χ3v) is 5.34. The smallest absolute Gasteiger partial charge is 0.244 e. The first-order chi connectivity index (χ1) is 16.5. The van der Waals surface area contributed by atoms with Crippen LogP contribution in [0.1, 0.15) is 31.9 Å². The molecule has 2 heterocycles. The van der Waals surface area contributed by atoms with E-state index in [9.17, 15) is 9.79 Å². The minimum absolute atomic E-state index is 0.235. The molecule has 0 amide bonds. The van der Waals surface area contributed by atoms with Crippen LogP contribution in [0.15, 0.2) is 98.1 Å². The molecule has 2 aromatic carbocycles. The molecule has 8 heteroatoms. The van der Waals surface area contributed by atoms with Crippen molar-refractivity contribution >= 4 is 8.60 Å². The van der Waals surface area contributed by atoms with Crippen molar-refractivity contribution in [1.82, 2.24) is 9.13 Å². The van der Waals surface area contributed by atoms with Gasteiger partial charge >= 0.3 is 0 Å². The van der Waals surface area contributed by atoms with Crippen LogP contribution in [-0.2, 0) is 30.7 Å². The van der Waals surface area contributed by atoms with Crippen LogP contribution in [-0.4, -0.2) is 15.7 Å². The molecule has 182 valence electrons. The zero-order chi connectivity index (χ0) is 24.6. The molecule has 0 aliphatic rings. The molecule has 34 heavy (non-hydrogen) atoms. The molecule has 0 spiro atoms. The van der Waals surface area contributed by atoms with Crippen LogP contribution in [0.2, 0.25) is 0 Å². The molecule has 4 rings (SSSR count). The van der Waals surface area contributed by atoms with Gasteiger partial charge in [0, 0.05) is 6.61 Å². The number of nitrogens with zero attached hydrogens (tertiary/aromatic N) is 4. The van der Waals surface area contributed by atoms with Gasteiger partial charge in [0.2, 0.25) is 12.7 Å². The van der Waals surface area contributed by atoms with E-state index in [4.69, 9.17) is 0 Å². The lowest BCUT2D eigenvalue weighted by atomic mass is 10.2. The first-order valence-electron chi connectivity index (χ1n) is 11.5. The highest BCUT2D eigenvalue weighted by atomic mass is 31.2. The van der Waals surface area contributed by atoms with Crippen LogP contribution < -0.4 is 18.9 Å². The van der Waals surface area contributed by atoms with E-state index in [1.807, 2.05) is 12.1 Å². The molecule has 0 aliphatic carbocycles. The molecular weight excluding hydrogens is 447 g/mol. The van der Waals surface area contributed by atoms with Crippen molar-refractivity contribution in [1.29, 1.82) is 0 Å². The van der Waals surface area contributed by atoms with Gasteiger partial charge in [-0.15, -0.1) is 0 Å². The molecule has 0 bridgehead atoms. The number of aryl methyl sites for hydroxylation is 2. The van der Waals surface area contributed by atoms with E-state index in [0.717, 1.165) is 26.2 Å². The fourth-order valence-electron chi connectivity index (χ4n) is 3.13. The lowest BCUT2D eigenvalue weighted by Crippen LogP contribution is -2.31. The minimum Gasteiger partial charge on any atom is -0.820 e.